The molecular weight excluding hydrogens is 514 g/mol. The summed E-state index contributed by atoms with van der Waals surface area (Å²) in [6, 6.07) is 22.9. The average Bonchev–Trinajstić information content (AvgIpc) is 3.24. The van der Waals surface area contributed by atoms with Crippen molar-refractivity contribution < 1.29 is 27.8 Å². The fraction of sp³-hybridized carbons (Fsp3) is 0.387. The standard InChI is InChI=1S/C31H37NO6S/c1-21(2)17-27(28(33)20-37-19-23-9-5-4-6-10-23)31(34)38-29-18-24-11-7-8-12-26(24)30(29)32-39(35,36)25-15-13-22(3)14-16-25/h4-16,21,27-30,32-33H,17-20H2,1-3H3/t27-,28-,29+,30-/m0/s1. The number of hydrogen-bond acceptors (Lipinski definition) is 6. The topological polar surface area (TPSA) is 102 Å². The van der Waals surface area contributed by atoms with E-state index in [-0.39, 0.29) is 17.4 Å². The minimum absolute atomic E-state index is 0.0181. The van der Waals surface area contributed by atoms with Crippen molar-refractivity contribution >= 4 is 16.0 Å². The molecule has 8 heteroatoms. The maximum atomic E-state index is 13.5. The van der Waals surface area contributed by atoms with Gasteiger partial charge in [-0.25, -0.2) is 8.42 Å². The molecule has 0 unspecified atom stereocenters. The normalized spacial score (nSPS) is 18.5. The van der Waals surface area contributed by atoms with Gasteiger partial charge in [0.1, 0.15) is 6.10 Å². The molecule has 3 aromatic rings. The predicted octanol–water partition coefficient (Wildman–Crippen LogP) is 4.72. The zero-order valence-electron chi connectivity index (χ0n) is 22.6. The predicted molar refractivity (Wildman–Crippen MR) is 149 cm³/mol. The van der Waals surface area contributed by atoms with E-state index in [4.69, 9.17) is 9.47 Å². The van der Waals surface area contributed by atoms with E-state index in [0.717, 1.165) is 22.3 Å². The molecule has 0 amide bonds. The Morgan fingerprint density at radius 1 is 1.00 bits per heavy atom. The monoisotopic (exact) mass is 551 g/mol. The molecule has 0 aliphatic heterocycles. The molecule has 0 aromatic heterocycles. The van der Waals surface area contributed by atoms with Crippen molar-refractivity contribution in [1.82, 2.24) is 4.72 Å². The Balaban J connectivity index is 1.49. The molecular formula is C31H37NO6S. The second-order valence-electron chi connectivity index (χ2n) is 10.6. The van der Waals surface area contributed by atoms with Gasteiger partial charge in [-0.1, -0.05) is 86.1 Å². The molecule has 0 saturated carbocycles. The lowest BCUT2D eigenvalue weighted by Crippen LogP contribution is -2.40. The number of aryl methyl sites for hydroxylation is 1. The van der Waals surface area contributed by atoms with Gasteiger partial charge >= 0.3 is 5.97 Å². The zero-order valence-corrected chi connectivity index (χ0v) is 23.4. The fourth-order valence-electron chi connectivity index (χ4n) is 4.90. The summed E-state index contributed by atoms with van der Waals surface area (Å²) in [5, 5.41) is 10.9. The van der Waals surface area contributed by atoms with Crippen LogP contribution in [0.3, 0.4) is 0 Å². The smallest absolute Gasteiger partial charge is 0.312 e. The number of fused-ring (bicyclic) bond motifs is 1. The van der Waals surface area contributed by atoms with Gasteiger partial charge < -0.3 is 14.6 Å². The number of aliphatic hydroxyl groups excluding tert-OH is 1. The van der Waals surface area contributed by atoms with Crippen LogP contribution in [0.25, 0.3) is 0 Å². The molecule has 0 radical (unpaired) electrons. The maximum absolute atomic E-state index is 13.5. The lowest BCUT2D eigenvalue weighted by molar-refractivity contribution is -0.161. The number of hydrogen-bond donors (Lipinski definition) is 2. The van der Waals surface area contributed by atoms with Crippen LogP contribution in [0.1, 0.15) is 48.6 Å². The Morgan fingerprint density at radius 3 is 2.36 bits per heavy atom. The third-order valence-corrected chi connectivity index (χ3v) is 8.41. The number of aliphatic hydroxyl groups is 1. The first-order valence-corrected chi connectivity index (χ1v) is 14.8. The van der Waals surface area contributed by atoms with Gasteiger partial charge in [0, 0.05) is 6.42 Å². The molecule has 0 heterocycles. The quantitative estimate of drug-likeness (QED) is 0.316. The summed E-state index contributed by atoms with van der Waals surface area (Å²) in [5.74, 6) is -1.24. The Morgan fingerprint density at radius 2 is 1.67 bits per heavy atom. The van der Waals surface area contributed by atoms with E-state index in [1.54, 1.807) is 24.3 Å². The number of sulfonamides is 1. The molecule has 0 fully saturated rings. The van der Waals surface area contributed by atoms with E-state index in [2.05, 4.69) is 4.72 Å². The van der Waals surface area contributed by atoms with Crippen LogP contribution in [0.5, 0.6) is 0 Å². The first-order valence-electron chi connectivity index (χ1n) is 13.3. The van der Waals surface area contributed by atoms with Crippen LogP contribution < -0.4 is 4.72 Å². The Kier molecular flexibility index (Phi) is 9.56. The van der Waals surface area contributed by atoms with Crippen molar-refractivity contribution in [2.45, 2.75) is 63.4 Å². The fourth-order valence-corrected chi connectivity index (χ4v) is 6.15. The summed E-state index contributed by atoms with van der Waals surface area (Å²) >= 11 is 0. The lowest BCUT2D eigenvalue weighted by atomic mass is 9.92. The highest BCUT2D eigenvalue weighted by Crippen LogP contribution is 2.35. The molecule has 0 saturated heterocycles. The van der Waals surface area contributed by atoms with Gasteiger partial charge in [0.15, 0.2) is 0 Å². The first-order chi connectivity index (χ1) is 18.6. The van der Waals surface area contributed by atoms with E-state index >= 15 is 0 Å². The summed E-state index contributed by atoms with van der Waals surface area (Å²) in [7, 11) is -3.88. The van der Waals surface area contributed by atoms with Gasteiger partial charge in [-0.05, 0) is 48.1 Å². The maximum Gasteiger partial charge on any atom is 0.312 e. The zero-order chi connectivity index (χ0) is 28.0. The Bertz CT molecular complexity index is 1340. The molecule has 4 rings (SSSR count). The van der Waals surface area contributed by atoms with E-state index in [1.807, 2.05) is 75.4 Å². The number of carbonyl (C=O) groups is 1. The average molecular weight is 552 g/mol. The van der Waals surface area contributed by atoms with Gasteiger partial charge in [0.25, 0.3) is 0 Å². The SMILES string of the molecule is Cc1ccc(S(=O)(=O)N[C@H]2c3ccccc3C[C@H]2OC(=O)[C@@H](CC(C)C)[C@@H](O)COCc2ccccc2)cc1. The van der Waals surface area contributed by atoms with Gasteiger partial charge in [0.05, 0.1) is 36.2 Å². The molecule has 3 aromatic carbocycles. The highest BCUT2D eigenvalue weighted by atomic mass is 32.2. The summed E-state index contributed by atoms with van der Waals surface area (Å²) in [6.45, 7) is 6.14. The summed E-state index contributed by atoms with van der Waals surface area (Å²) < 4.78 is 41.0. The summed E-state index contributed by atoms with van der Waals surface area (Å²) in [6.07, 6.45) is -1.02. The third-order valence-electron chi connectivity index (χ3n) is 6.96. The first kappa shape index (κ1) is 29.0. The van der Waals surface area contributed by atoms with E-state index in [0.29, 0.717) is 19.4 Å². The lowest BCUT2D eigenvalue weighted by Gasteiger charge is -2.27. The van der Waals surface area contributed by atoms with E-state index in [9.17, 15) is 18.3 Å². The van der Waals surface area contributed by atoms with Crippen molar-refractivity contribution in [3.63, 3.8) is 0 Å². The van der Waals surface area contributed by atoms with Gasteiger partial charge in [-0.3, -0.25) is 4.79 Å². The van der Waals surface area contributed by atoms with Crippen LogP contribution in [-0.4, -0.2) is 38.3 Å². The molecule has 4 atom stereocenters. The van der Waals surface area contributed by atoms with Crippen LogP contribution >= 0.6 is 0 Å². The summed E-state index contributed by atoms with van der Waals surface area (Å²) in [5.41, 5.74) is 3.62. The number of nitrogens with one attached hydrogen (secondary N) is 1. The number of benzene rings is 3. The molecule has 208 valence electrons. The number of rotatable bonds is 12. The largest absolute Gasteiger partial charge is 0.460 e. The van der Waals surface area contributed by atoms with Crippen LogP contribution in [0.15, 0.2) is 83.8 Å². The van der Waals surface area contributed by atoms with E-state index < -0.39 is 40.2 Å². The number of esters is 1. The van der Waals surface area contributed by atoms with Crippen LogP contribution in [0, 0.1) is 18.8 Å². The van der Waals surface area contributed by atoms with Gasteiger partial charge in [-0.2, -0.15) is 4.72 Å². The number of ether oxygens (including phenoxy) is 2. The second kappa shape index (κ2) is 12.9. The second-order valence-corrected chi connectivity index (χ2v) is 12.3. The van der Waals surface area contributed by atoms with Crippen molar-refractivity contribution in [3.8, 4) is 0 Å². The molecule has 0 bridgehead atoms. The highest BCUT2D eigenvalue weighted by molar-refractivity contribution is 7.89. The van der Waals surface area contributed by atoms with Gasteiger partial charge in [0.2, 0.25) is 10.0 Å². The van der Waals surface area contributed by atoms with Crippen molar-refractivity contribution in [2.24, 2.45) is 11.8 Å². The Labute approximate surface area is 231 Å². The minimum atomic E-state index is -3.88. The van der Waals surface area contributed by atoms with Crippen molar-refractivity contribution in [1.29, 1.82) is 0 Å². The van der Waals surface area contributed by atoms with Gasteiger partial charge in [-0.15, -0.1) is 0 Å². The van der Waals surface area contributed by atoms with Crippen molar-refractivity contribution in [3.05, 3.63) is 101 Å². The van der Waals surface area contributed by atoms with Crippen LogP contribution in [0.4, 0.5) is 0 Å². The molecule has 2 N–H and O–H groups in total. The van der Waals surface area contributed by atoms with Crippen molar-refractivity contribution in [2.75, 3.05) is 6.61 Å². The van der Waals surface area contributed by atoms with Crippen LogP contribution in [0.2, 0.25) is 0 Å². The minimum Gasteiger partial charge on any atom is -0.460 e. The molecule has 1 aliphatic rings. The Hall–Kier alpha value is -3.04. The molecule has 7 nitrogen and oxygen atoms in total. The molecule has 39 heavy (non-hydrogen) atoms. The third kappa shape index (κ3) is 7.54. The molecule has 1 aliphatic carbocycles. The molecule has 0 spiro atoms. The van der Waals surface area contributed by atoms with E-state index in [1.165, 1.54) is 0 Å². The summed E-state index contributed by atoms with van der Waals surface area (Å²) in [4.78, 5) is 13.6. The van der Waals surface area contributed by atoms with Crippen LogP contribution in [-0.2, 0) is 37.3 Å². The number of carbonyl (C=O) groups excluding carboxylic acids is 1. The highest BCUT2D eigenvalue weighted by Gasteiger charge is 2.40.